The minimum Gasteiger partial charge on any atom is -0.459 e. The molecule has 0 aromatic heterocycles. The van der Waals surface area contributed by atoms with Gasteiger partial charge in [-0.05, 0) is 39.0 Å². The van der Waals surface area contributed by atoms with Crippen LogP contribution in [0.15, 0.2) is 11.3 Å². The number of ketones is 1. The molecule has 1 aliphatic heterocycles. The molecule has 0 bridgehead atoms. The monoisotopic (exact) mass is 338 g/mol. The van der Waals surface area contributed by atoms with Crippen LogP contribution in [0.2, 0.25) is 19.6 Å². The van der Waals surface area contributed by atoms with Gasteiger partial charge in [0.1, 0.15) is 11.2 Å². The lowest BCUT2D eigenvalue weighted by molar-refractivity contribution is -0.165. The predicted octanol–water partition coefficient (Wildman–Crippen LogP) is 2.65. The first-order valence-corrected chi connectivity index (χ1v) is 11.5. The van der Waals surface area contributed by atoms with E-state index in [-0.39, 0.29) is 12.2 Å². The second kappa shape index (κ2) is 5.29. The summed E-state index contributed by atoms with van der Waals surface area (Å²) in [6, 6.07) is 0. The molecule has 0 aromatic rings. The van der Waals surface area contributed by atoms with E-state index in [0.717, 1.165) is 5.20 Å². The minimum absolute atomic E-state index is 0.0264. The van der Waals surface area contributed by atoms with Crippen LogP contribution in [0.25, 0.3) is 0 Å². The molecule has 0 radical (unpaired) electrons. The summed E-state index contributed by atoms with van der Waals surface area (Å²) < 4.78 is 10.9. The van der Waals surface area contributed by atoms with Crippen molar-refractivity contribution < 1.29 is 23.9 Å². The number of allylic oxidation sites excluding steroid dienone is 1. The van der Waals surface area contributed by atoms with Crippen LogP contribution in [0.1, 0.15) is 34.1 Å². The molecule has 1 fully saturated rings. The van der Waals surface area contributed by atoms with Gasteiger partial charge in [0.05, 0.1) is 8.07 Å². The third kappa shape index (κ3) is 3.41. The van der Waals surface area contributed by atoms with Gasteiger partial charge in [0.25, 0.3) is 0 Å². The first-order chi connectivity index (χ1) is 10.2. The van der Waals surface area contributed by atoms with Crippen molar-refractivity contribution in [2.24, 2.45) is 11.8 Å². The van der Waals surface area contributed by atoms with Crippen LogP contribution in [0, 0.1) is 11.8 Å². The van der Waals surface area contributed by atoms with E-state index in [1.54, 1.807) is 33.8 Å². The molecular formula is C17H26O5Si. The van der Waals surface area contributed by atoms with E-state index in [1.165, 1.54) is 0 Å². The van der Waals surface area contributed by atoms with Gasteiger partial charge in [-0.1, -0.05) is 19.6 Å². The highest BCUT2D eigenvalue weighted by molar-refractivity contribution is 6.87. The Bertz CT molecular complexity index is 593. The Kier molecular flexibility index (Phi) is 4.12. The molecule has 1 aliphatic carbocycles. The fourth-order valence-corrected chi connectivity index (χ4v) is 4.90. The van der Waals surface area contributed by atoms with Crippen LogP contribution in [-0.4, -0.2) is 37.0 Å². The standard InChI is InChI=1S/C17H26O5Si/c1-16(2,3)21-14(19)13-10-8-11(18)12(23(5,6)7)9-17(10,4)22-15(13)20/h9-10,13H,8H2,1-7H3/t10-,13+,17-/m1/s1. The number of esters is 2. The first-order valence-electron chi connectivity index (χ1n) is 7.97. The van der Waals surface area contributed by atoms with Gasteiger partial charge in [0.15, 0.2) is 11.7 Å². The maximum atomic E-state index is 12.5. The Labute approximate surface area is 138 Å². The summed E-state index contributed by atoms with van der Waals surface area (Å²) in [4.78, 5) is 37.2. The molecule has 0 amide bonds. The summed E-state index contributed by atoms with van der Waals surface area (Å²) >= 11 is 0. The summed E-state index contributed by atoms with van der Waals surface area (Å²) in [5.74, 6) is -2.68. The van der Waals surface area contributed by atoms with Crippen molar-refractivity contribution in [3.8, 4) is 0 Å². The Morgan fingerprint density at radius 3 is 2.35 bits per heavy atom. The number of hydrogen-bond acceptors (Lipinski definition) is 5. The van der Waals surface area contributed by atoms with E-state index >= 15 is 0 Å². The molecule has 0 unspecified atom stereocenters. The zero-order chi connectivity index (χ0) is 17.8. The lowest BCUT2D eigenvalue weighted by Crippen LogP contribution is -2.45. The Morgan fingerprint density at radius 1 is 1.30 bits per heavy atom. The maximum Gasteiger partial charge on any atom is 0.321 e. The van der Waals surface area contributed by atoms with Crippen molar-refractivity contribution in [2.75, 3.05) is 0 Å². The SMILES string of the molecule is CC(C)(C)OC(=O)[C@H]1C(=O)O[C@]2(C)C=C([Si](C)(C)C)C(=O)C[C@H]12. The van der Waals surface area contributed by atoms with E-state index in [1.807, 2.05) is 0 Å². The second-order valence-electron chi connectivity index (χ2n) is 8.66. The summed E-state index contributed by atoms with van der Waals surface area (Å²) in [6.45, 7) is 13.3. The molecule has 1 heterocycles. The topological polar surface area (TPSA) is 69.7 Å². The normalized spacial score (nSPS) is 31.3. The average molecular weight is 338 g/mol. The Balaban J connectivity index is 2.37. The van der Waals surface area contributed by atoms with E-state index in [2.05, 4.69) is 19.6 Å². The molecule has 6 heteroatoms. The molecule has 1 saturated heterocycles. The number of hydrogen-bond donors (Lipinski definition) is 0. The highest BCUT2D eigenvalue weighted by Crippen LogP contribution is 2.46. The third-order valence-corrected chi connectivity index (χ3v) is 6.36. The highest BCUT2D eigenvalue weighted by Gasteiger charge is 2.59. The Hall–Kier alpha value is -1.43. The van der Waals surface area contributed by atoms with E-state index in [0.29, 0.717) is 0 Å². The van der Waals surface area contributed by atoms with Gasteiger partial charge in [-0.3, -0.25) is 14.4 Å². The molecular weight excluding hydrogens is 312 g/mol. The van der Waals surface area contributed by atoms with Crippen LogP contribution in [0.3, 0.4) is 0 Å². The van der Waals surface area contributed by atoms with Gasteiger partial charge in [0, 0.05) is 12.3 Å². The van der Waals surface area contributed by atoms with Crippen LogP contribution in [0.5, 0.6) is 0 Å². The van der Waals surface area contributed by atoms with Crippen molar-refractivity contribution in [2.45, 2.75) is 65.0 Å². The molecule has 2 rings (SSSR count). The summed E-state index contributed by atoms with van der Waals surface area (Å²) in [5, 5.41) is 0.786. The molecule has 5 nitrogen and oxygen atoms in total. The van der Waals surface area contributed by atoms with Gasteiger partial charge in [-0.15, -0.1) is 0 Å². The van der Waals surface area contributed by atoms with Gasteiger partial charge in [-0.25, -0.2) is 0 Å². The number of rotatable bonds is 2. The fraction of sp³-hybridized carbons (Fsp3) is 0.706. The van der Waals surface area contributed by atoms with Crippen LogP contribution in [-0.2, 0) is 23.9 Å². The molecule has 0 spiro atoms. The summed E-state index contributed by atoms with van der Waals surface area (Å²) in [7, 11) is -1.83. The van der Waals surface area contributed by atoms with E-state index in [4.69, 9.17) is 9.47 Å². The first kappa shape index (κ1) is 17.9. The van der Waals surface area contributed by atoms with Crippen molar-refractivity contribution in [1.82, 2.24) is 0 Å². The molecule has 0 aromatic carbocycles. The zero-order valence-electron chi connectivity index (χ0n) is 15.0. The molecule has 0 N–H and O–H groups in total. The Morgan fingerprint density at radius 2 is 1.87 bits per heavy atom. The number of Topliss-reactive ketones (excluding diaryl/α,β-unsaturated/α-hetero) is 1. The van der Waals surface area contributed by atoms with E-state index in [9.17, 15) is 14.4 Å². The quantitative estimate of drug-likeness (QED) is 0.440. The average Bonchev–Trinajstić information content (AvgIpc) is 2.55. The highest BCUT2D eigenvalue weighted by atomic mass is 28.3. The second-order valence-corrected chi connectivity index (χ2v) is 13.7. The van der Waals surface area contributed by atoms with Crippen molar-refractivity contribution in [1.29, 1.82) is 0 Å². The summed E-state index contributed by atoms with van der Waals surface area (Å²) in [5.41, 5.74) is -1.59. The lowest BCUT2D eigenvalue weighted by atomic mass is 9.75. The minimum atomic E-state index is -1.83. The van der Waals surface area contributed by atoms with Crippen LogP contribution in [0.4, 0.5) is 0 Å². The van der Waals surface area contributed by atoms with Crippen molar-refractivity contribution in [3.05, 3.63) is 11.3 Å². The van der Waals surface area contributed by atoms with Crippen LogP contribution < -0.4 is 0 Å². The predicted molar refractivity (Wildman–Crippen MR) is 88.4 cm³/mol. The van der Waals surface area contributed by atoms with E-state index < -0.39 is 43.1 Å². The molecule has 2 aliphatic rings. The maximum absolute atomic E-state index is 12.5. The van der Waals surface area contributed by atoms with Crippen molar-refractivity contribution in [3.63, 3.8) is 0 Å². The van der Waals surface area contributed by atoms with Gasteiger partial charge >= 0.3 is 11.9 Å². The van der Waals surface area contributed by atoms with Crippen molar-refractivity contribution >= 4 is 25.8 Å². The molecule has 0 saturated carbocycles. The fourth-order valence-electron chi connectivity index (χ4n) is 3.25. The number of fused-ring (bicyclic) bond motifs is 1. The van der Waals surface area contributed by atoms with Gasteiger partial charge in [0.2, 0.25) is 0 Å². The lowest BCUT2D eigenvalue weighted by Gasteiger charge is -2.35. The third-order valence-electron chi connectivity index (χ3n) is 4.32. The number of carbonyl (C=O) groups excluding carboxylic acids is 3. The van der Waals surface area contributed by atoms with Crippen LogP contribution >= 0.6 is 0 Å². The zero-order valence-corrected chi connectivity index (χ0v) is 16.0. The number of carbonyl (C=O) groups is 3. The van der Waals surface area contributed by atoms with Gasteiger partial charge in [-0.2, -0.15) is 0 Å². The van der Waals surface area contributed by atoms with Gasteiger partial charge < -0.3 is 9.47 Å². The largest absolute Gasteiger partial charge is 0.459 e. The summed E-state index contributed by atoms with van der Waals surface area (Å²) in [6.07, 6.45) is 1.94. The smallest absolute Gasteiger partial charge is 0.321 e. The molecule has 128 valence electrons. The molecule has 3 atom stereocenters. The molecule has 23 heavy (non-hydrogen) atoms. The number of ether oxygens (including phenoxy) is 2.